The van der Waals surface area contributed by atoms with Gasteiger partial charge in [-0.15, -0.1) is 6.58 Å². The van der Waals surface area contributed by atoms with Crippen molar-refractivity contribution in [3.8, 4) is 0 Å². The Morgan fingerprint density at radius 1 is 1.00 bits per heavy atom. The van der Waals surface area contributed by atoms with Gasteiger partial charge in [-0.3, -0.25) is 24.0 Å². The molecule has 2 aliphatic heterocycles. The largest absolute Gasteiger partial charge is 0.346 e. The molecule has 0 spiro atoms. The summed E-state index contributed by atoms with van der Waals surface area (Å²) in [6.07, 6.45) is 9.13. The van der Waals surface area contributed by atoms with Crippen LogP contribution in [0.1, 0.15) is 92.9 Å². The molecule has 2 heterocycles. The Balaban J connectivity index is 1.48. The van der Waals surface area contributed by atoms with E-state index in [1.54, 1.807) is 4.90 Å². The second-order valence-electron chi connectivity index (χ2n) is 15.7. The first-order valence-electron chi connectivity index (χ1n) is 17.5. The third kappa shape index (κ3) is 8.35. The van der Waals surface area contributed by atoms with Gasteiger partial charge in [0.05, 0.1) is 12.1 Å². The zero-order chi connectivity index (χ0) is 34.7. The van der Waals surface area contributed by atoms with Gasteiger partial charge in [-0.25, -0.2) is 4.79 Å². The van der Waals surface area contributed by atoms with Gasteiger partial charge < -0.3 is 31.1 Å². The van der Waals surface area contributed by atoms with E-state index in [2.05, 4.69) is 41.7 Å². The molecule has 0 radical (unpaired) electrons. The molecule has 4 fully saturated rings. The van der Waals surface area contributed by atoms with E-state index in [1.165, 1.54) is 13.0 Å². The number of piperidine rings is 2. The van der Waals surface area contributed by atoms with E-state index < -0.39 is 47.2 Å². The molecule has 2 saturated carbocycles. The number of ketones is 1. The van der Waals surface area contributed by atoms with E-state index in [-0.39, 0.29) is 47.6 Å². The summed E-state index contributed by atoms with van der Waals surface area (Å²) in [6, 6.07) is -3.56. The van der Waals surface area contributed by atoms with Gasteiger partial charge in [0.25, 0.3) is 5.91 Å². The highest BCUT2D eigenvalue weighted by molar-refractivity contribution is 6.38. The average molecular weight is 657 g/mol. The summed E-state index contributed by atoms with van der Waals surface area (Å²) in [4.78, 5) is 82.7. The lowest BCUT2D eigenvalue weighted by Crippen LogP contribution is -2.62. The number of urea groups is 1. The van der Waals surface area contributed by atoms with Crippen LogP contribution in [0.25, 0.3) is 0 Å². The summed E-state index contributed by atoms with van der Waals surface area (Å²) in [6.45, 7) is 16.4. The SMILES string of the molecule is C=CCNC(=O)C(=O)C(C)NC(=O)[C@@H]1[C@@H]2[C@H](CN1C(=O)[C@@H](NC(=O)N[C@H](CN1CCCCC1=O)C1CCCCC1)C(C)(C)C)C2(C)C. The summed E-state index contributed by atoms with van der Waals surface area (Å²) in [7, 11) is 0. The summed E-state index contributed by atoms with van der Waals surface area (Å²) in [5.41, 5.74) is -0.859. The second-order valence-corrected chi connectivity index (χ2v) is 15.7. The number of carbonyl (C=O) groups is 6. The minimum Gasteiger partial charge on any atom is -0.346 e. The number of rotatable bonds is 12. The van der Waals surface area contributed by atoms with Crippen LogP contribution >= 0.6 is 0 Å². The van der Waals surface area contributed by atoms with Crippen molar-refractivity contribution in [1.29, 1.82) is 0 Å². The molecule has 0 bridgehead atoms. The Hall–Kier alpha value is -3.44. The Bertz CT molecular complexity index is 1240. The molecule has 4 N–H and O–H groups in total. The maximum atomic E-state index is 14.3. The number of carbonyl (C=O) groups excluding carboxylic acids is 6. The minimum atomic E-state index is -1.09. The molecular weight excluding hydrogens is 600 g/mol. The van der Waals surface area contributed by atoms with Gasteiger partial charge in [0.2, 0.25) is 23.5 Å². The van der Waals surface area contributed by atoms with Crippen LogP contribution in [0.15, 0.2) is 12.7 Å². The van der Waals surface area contributed by atoms with Crippen LogP contribution in [-0.4, -0.2) is 95.6 Å². The maximum absolute atomic E-state index is 14.3. The van der Waals surface area contributed by atoms with Gasteiger partial charge in [-0.2, -0.15) is 0 Å². The normalized spacial score (nSPS) is 25.9. The van der Waals surface area contributed by atoms with Crippen molar-refractivity contribution >= 4 is 35.4 Å². The first-order valence-corrected chi connectivity index (χ1v) is 17.5. The van der Waals surface area contributed by atoms with Gasteiger partial charge in [-0.1, -0.05) is 60.0 Å². The Kier molecular flexibility index (Phi) is 11.4. The van der Waals surface area contributed by atoms with Crippen molar-refractivity contribution in [2.75, 3.05) is 26.2 Å². The minimum absolute atomic E-state index is 0.0938. The van der Waals surface area contributed by atoms with Crippen molar-refractivity contribution < 1.29 is 28.8 Å². The van der Waals surface area contributed by atoms with Gasteiger partial charge >= 0.3 is 6.03 Å². The molecule has 4 rings (SSSR count). The predicted octanol–water partition coefficient (Wildman–Crippen LogP) is 2.52. The number of nitrogens with one attached hydrogen (secondary N) is 4. The third-order valence-corrected chi connectivity index (χ3v) is 10.9. The van der Waals surface area contributed by atoms with E-state index in [1.807, 2.05) is 25.7 Å². The molecule has 1 unspecified atom stereocenters. The molecule has 0 aromatic heterocycles. The Morgan fingerprint density at radius 2 is 1.68 bits per heavy atom. The van der Waals surface area contributed by atoms with Crippen LogP contribution < -0.4 is 21.3 Å². The van der Waals surface area contributed by atoms with E-state index in [0.717, 1.165) is 44.9 Å². The molecule has 12 heteroatoms. The topological polar surface area (TPSA) is 157 Å². The summed E-state index contributed by atoms with van der Waals surface area (Å²) < 4.78 is 0. The molecule has 6 amide bonds. The lowest BCUT2D eigenvalue weighted by molar-refractivity contribution is -0.145. The average Bonchev–Trinajstić information content (AvgIpc) is 3.33. The fraction of sp³-hybridized carbons (Fsp3) is 0.771. The second kappa shape index (κ2) is 14.8. The van der Waals surface area contributed by atoms with Gasteiger partial charge in [0.1, 0.15) is 12.1 Å². The van der Waals surface area contributed by atoms with Crippen molar-refractivity contribution in [3.63, 3.8) is 0 Å². The van der Waals surface area contributed by atoms with Gasteiger partial charge in [-0.05, 0) is 61.2 Å². The van der Waals surface area contributed by atoms with Gasteiger partial charge in [0, 0.05) is 32.6 Å². The molecule has 6 atom stereocenters. The highest BCUT2D eigenvalue weighted by Crippen LogP contribution is 2.65. The Morgan fingerprint density at radius 3 is 2.30 bits per heavy atom. The molecule has 0 aromatic carbocycles. The van der Waals surface area contributed by atoms with Crippen molar-refractivity contribution in [1.82, 2.24) is 31.1 Å². The molecule has 12 nitrogen and oxygen atoms in total. The van der Waals surface area contributed by atoms with Crippen molar-refractivity contribution in [2.45, 2.75) is 117 Å². The lowest BCUT2D eigenvalue weighted by atomic mass is 9.83. The van der Waals surface area contributed by atoms with Crippen molar-refractivity contribution in [3.05, 3.63) is 12.7 Å². The van der Waals surface area contributed by atoms with E-state index >= 15 is 0 Å². The standard InChI is InChI=1S/C35H56N6O6/c1-8-17-36-31(45)28(43)21(2)37-30(44)27-26-23(35(26,6)7)19-41(27)32(46)29(34(3,4)5)39-33(47)38-24(22-14-10-9-11-15-22)20-40-18-13-12-16-25(40)42/h8,21-24,26-27,29H,1,9-20H2,2-7H3,(H,36,45)(H,37,44)(H2,38,39,47)/t21?,23-,24+,26-,27-,29+/m0/s1. The fourth-order valence-electron chi connectivity index (χ4n) is 7.92. The fourth-order valence-corrected chi connectivity index (χ4v) is 7.92. The molecule has 262 valence electrons. The predicted molar refractivity (Wildman–Crippen MR) is 178 cm³/mol. The molecule has 0 aromatic rings. The number of hydrogen-bond donors (Lipinski definition) is 4. The highest BCUT2D eigenvalue weighted by atomic mass is 16.2. The van der Waals surface area contributed by atoms with Crippen LogP contribution in [0.5, 0.6) is 0 Å². The van der Waals surface area contributed by atoms with E-state index in [4.69, 9.17) is 0 Å². The summed E-state index contributed by atoms with van der Waals surface area (Å²) >= 11 is 0. The summed E-state index contributed by atoms with van der Waals surface area (Å²) in [5.74, 6) is -2.11. The van der Waals surface area contributed by atoms with Crippen LogP contribution in [0.4, 0.5) is 4.79 Å². The first kappa shape index (κ1) is 36.4. The van der Waals surface area contributed by atoms with E-state index in [0.29, 0.717) is 26.1 Å². The third-order valence-electron chi connectivity index (χ3n) is 10.9. The summed E-state index contributed by atoms with van der Waals surface area (Å²) in [5, 5.41) is 11.2. The number of amides is 6. The van der Waals surface area contributed by atoms with Crippen molar-refractivity contribution in [2.24, 2.45) is 28.6 Å². The molecule has 47 heavy (non-hydrogen) atoms. The Labute approximate surface area is 279 Å². The van der Waals surface area contributed by atoms with Crippen LogP contribution in [0, 0.1) is 28.6 Å². The zero-order valence-electron chi connectivity index (χ0n) is 29.2. The molecule has 2 aliphatic carbocycles. The number of likely N-dealkylation sites (tertiary alicyclic amines) is 2. The highest BCUT2D eigenvalue weighted by Gasteiger charge is 2.69. The molecular formula is C35H56N6O6. The maximum Gasteiger partial charge on any atom is 0.315 e. The molecule has 2 saturated heterocycles. The van der Waals surface area contributed by atoms with Crippen LogP contribution in [-0.2, 0) is 24.0 Å². The zero-order valence-corrected chi connectivity index (χ0v) is 29.2. The van der Waals surface area contributed by atoms with E-state index in [9.17, 15) is 28.8 Å². The van der Waals surface area contributed by atoms with Crippen LogP contribution in [0.3, 0.4) is 0 Å². The molecule has 4 aliphatic rings. The quantitative estimate of drug-likeness (QED) is 0.187. The number of fused-ring (bicyclic) bond motifs is 1. The monoisotopic (exact) mass is 656 g/mol. The number of nitrogens with zero attached hydrogens (tertiary/aromatic N) is 2. The number of Topliss-reactive ketones (excluding diaryl/α,β-unsaturated/α-hetero) is 1. The lowest BCUT2D eigenvalue weighted by Gasteiger charge is -2.39. The van der Waals surface area contributed by atoms with Crippen LogP contribution in [0.2, 0.25) is 0 Å². The smallest absolute Gasteiger partial charge is 0.315 e. The van der Waals surface area contributed by atoms with Gasteiger partial charge in [0.15, 0.2) is 0 Å². The number of hydrogen-bond acceptors (Lipinski definition) is 6. The first-order chi connectivity index (χ1) is 22.1.